The first kappa shape index (κ1) is 15.3. The van der Waals surface area contributed by atoms with Crippen LogP contribution in [-0.4, -0.2) is 51.3 Å². The highest BCUT2D eigenvalue weighted by Crippen LogP contribution is 2.24. The third kappa shape index (κ3) is 3.72. The van der Waals surface area contributed by atoms with Gasteiger partial charge in [0.15, 0.2) is 0 Å². The fraction of sp³-hybridized carbons (Fsp3) is 0.625. The van der Waals surface area contributed by atoms with Crippen molar-refractivity contribution in [3.05, 3.63) is 29.8 Å². The predicted molar refractivity (Wildman–Crippen MR) is 84.2 cm³/mol. The average molecular weight is 277 g/mol. The Morgan fingerprint density at radius 1 is 1.35 bits per heavy atom. The van der Waals surface area contributed by atoms with E-state index in [-0.39, 0.29) is 12.1 Å². The minimum Gasteiger partial charge on any atom is -0.378 e. The van der Waals surface area contributed by atoms with Crippen LogP contribution in [0, 0.1) is 0 Å². The number of rotatable bonds is 4. The molecule has 112 valence electrons. The summed E-state index contributed by atoms with van der Waals surface area (Å²) in [6.45, 7) is 5.66. The van der Waals surface area contributed by atoms with E-state index < -0.39 is 0 Å². The zero-order chi connectivity index (χ0) is 14.5. The molecule has 4 nitrogen and oxygen atoms in total. The monoisotopic (exact) mass is 277 g/mol. The molecule has 2 unspecified atom stereocenters. The highest BCUT2D eigenvalue weighted by Gasteiger charge is 2.23. The maximum atomic E-state index is 6.04. The minimum absolute atomic E-state index is 0.285. The Balaban J connectivity index is 2.13. The molecular weight excluding hydrogens is 250 g/mol. The van der Waals surface area contributed by atoms with Gasteiger partial charge >= 0.3 is 0 Å². The molecule has 0 aliphatic carbocycles. The summed E-state index contributed by atoms with van der Waals surface area (Å²) in [7, 11) is 4.12. The van der Waals surface area contributed by atoms with Gasteiger partial charge in [-0.05, 0) is 31.0 Å². The van der Waals surface area contributed by atoms with E-state index in [0.29, 0.717) is 6.54 Å². The highest BCUT2D eigenvalue weighted by atomic mass is 16.5. The molecule has 1 aliphatic heterocycles. The summed E-state index contributed by atoms with van der Waals surface area (Å²) in [5.41, 5.74) is 8.55. The van der Waals surface area contributed by atoms with Crippen molar-refractivity contribution in [1.82, 2.24) is 4.90 Å². The standard InChI is InChI=1S/C16H27N3O/c1-13-12-19(9-4-10-20-13)16(11-17)14-5-7-15(8-6-14)18(2)3/h5-8,13,16H,4,9-12,17H2,1-3H3. The molecule has 1 heterocycles. The topological polar surface area (TPSA) is 41.7 Å². The molecule has 0 saturated carbocycles. The van der Waals surface area contributed by atoms with Gasteiger partial charge in [-0.15, -0.1) is 0 Å². The zero-order valence-corrected chi connectivity index (χ0v) is 12.9. The van der Waals surface area contributed by atoms with E-state index in [1.807, 2.05) is 0 Å². The molecule has 1 fully saturated rings. The number of nitrogens with two attached hydrogens (primary N) is 1. The largest absolute Gasteiger partial charge is 0.378 e. The first-order valence-corrected chi connectivity index (χ1v) is 7.45. The van der Waals surface area contributed by atoms with Crippen molar-refractivity contribution in [3.8, 4) is 0 Å². The lowest BCUT2D eigenvalue weighted by molar-refractivity contribution is 0.0612. The second-order valence-electron chi connectivity index (χ2n) is 5.77. The molecule has 0 bridgehead atoms. The van der Waals surface area contributed by atoms with E-state index in [9.17, 15) is 0 Å². The van der Waals surface area contributed by atoms with Crippen LogP contribution in [0.4, 0.5) is 5.69 Å². The lowest BCUT2D eigenvalue weighted by atomic mass is 10.0. The van der Waals surface area contributed by atoms with Crippen molar-refractivity contribution in [2.24, 2.45) is 5.73 Å². The quantitative estimate of drug-likeness (QED) is 0.912. The van der Waals surface area contributed by atoms with E-state index >= 15 is 0 Å². The molecule has 0 spiro atoms. The van der Waals surface area contributed by atoms with Crippen LogP contribution in [0.5, 0.6) is 0 Å². The Kier molecular flexibility index (Phi) is 5.40. The molecule has 1 saturated heterocycles. The van der Waals surface area contributed by atoms with Gasteiger partial charge in [0.2, 0.25) is 0 Å². The molecule has 1 aliphatic rings. The van der Waals surface area contributed by atoms with Gasteiger partial charge in [-0.25, -0.2) is 0 Å². The van der Waals surface area contributed by atoms with Crippen LogP contribution in [0.15, 0.2) is 24.3 Å². The lowest BCUT2D eigenvalue weighted by Crippen LogP contribution is -2.37. The minimum atomic E-state index is 0.285. The first-order valence-electron chi connectivity index (χ1n) is 7.45. The molecule has 1 aromatic rings. The lowest BCUT2D eigenvalue weighted by Gasteiger charge is -2.31. The van der Waals surface area contributed by atoms with Crippen LogP contribution in [0.2, 0.25) is 0 Å². The Labute approximate surface area is 122 Å². The van der Waals surface area contributed by atoms with Crippen molar-refractivity contribution in [2.45, 2.75) is 25.5 Å². The third-order valence-corrected chi connectivity index (χ3v) is 3.94. The maximum absolute atomic E-state index is 6.04. The van der Waals surface area contributed by atoms with Crippen molar-refractivity contribution in [2.75, 3.05) is 45.2 Å². The summed E-state index contributed by atoms with van der Waals surface area (Å²) in [6.07, 6.45) is 1.36. The van der Waals surface area contributed by atoms with E-state index in [1.165, 1.54) is 11.3 Å². The number of anilines is 1. The summed E-state index contributed by atoms with van der Waals surface area (Å²) in [5.74, 6) is 0. The van der Waals surface area contributed by atoms with Gasteiger partial charge in [0, 0.05) is 52.1 Å². The Morgan fingerprint density at radius 2 is 2.05 bits per heavy atom. The Bertz CT molecular complexity index is 405. The first-order chi connectivity index (χ1) is 9.61. The molecule has 4 heteroatoms. The van der Waals surface area contributed by atoms with Gasteiger partial charge in [-0.2, -0.15) is 0 Å². The summed E-state index contributed by atoms with van der Waals surface area (Å²) in [5, 5.41) is 0. The maximum Gasteiger partial charge on any atom is 0.0674 e. The highest BCUT2D eigenvalue weighted by molar-refractivity contribution is 5.46. The van der Waals surface area contributed by atoms with Gasteiger partial charge in [-0.3, -0.25) is 4.90 Å². The van der Waals surface area contributed by atoms with Crippen LogP contribution in [0.3, 0.4) is 0 Å². The smallest absolute Gasteiger partial charge is 0.0674 e. The fourth-order valence-corrected chi connectivity index (χ4v) is 2.80. The van der Waals surface area contributed by atoms with Crippen molar-refractivity contribution < 1.29 is 4.74 Å². The summed E-state index contributed by atoms with van der Waals surface area (Å²) < 4.78 is 5.72. The molecular formula is C16H27N3O. The van der Waals surface area contributed by atoms with Crippen molar-refractivity contribution in [3.63, 3.8) is 0 Å². The molecule has 20 heavy (non-hydrogen) atoms. The van der Waals surface area contributed by atoms with Crippen LogP contribution >= 0.6 is 0 Å². The van der Waals surface area contributed by atoms with Crippen LogP contribution in [0.25, 0.3) is 0 Å². The molecule has 1 aromatic carbocycles. The van der Waals surface area contributed by atoms with Crippen molar-refractivity contribution >= 4 is 5.69 Å². The third-order valence-electron chi connectivity index (χ3n) is 3.94. The molecule has 2 N–H and O–H groups in total. The zero-order valence-electron chi connectivity index (χ0n) is 12.9. The van der Waals surface area contributed by atoms with Gasteiger partial charge in [0.05, 0.1) is 6.10 Å². The van der Waals surface area contributed by atoms with Crippen LogP contribution in [0.1, 0.15) is 24.9 Å². The molecule has 2 atom stereocenters. The predicted octanol–water partition coefficient (Wildman–Crippen LogP) is 1.86. The van der Waals surface area contributed by atoms with Gasteiger partial charge in [-0.1, -0.05) is 12.1 Å². The van der Waals surface area contributed by atoms with E-state index in [4.69, 9.17) is 10.5 Å². The van der Waals surface area contributed by atoms with Crippen LogP contribution < -0.4 is 10.6 Å². The fourth-order valence-electron chi connectivity index (χ4n) is 2.80. The second-order valence-corrected chi connectivity index (χ2v) is 5.77. The van der Waals surface area contributed by atoms with Crippen LogP contribution in [-0.2, 0) is 4.74 Å². The van der Waals surface area contributed by atoms with Gasteiger partial charge < -0.3 is 15.4 Å². The van der Waals surface area contributed by atoms with E-state index in [2.05, 4.69) is 55.1 Å². The summed E-state index contributed by atoms with van der Waals surface area (Å²) in [6, 6.07) is 9.01. The summed E-state index contributed by atoms with van der Waals surface area (Å²) in [4.78, 5) is 4.57. The average Bonchev–Trinajstić information content (AvgIpc) is 2.65. The number of hydrogen-bond donors (Lipinski definition) is 1. The van der Waals surface area contributed by atoms with Gasteiger partial charge in [0.25, 0.3) is 0 Å². The molecule has 2 rings (SSSR count). The number of ether oxygens (including phenoxy) is 1. The number of hydrogen-bond acceptors (Lipinski definition) is 4. The normalized spacial score (nSPS) is 22.3. The summed E-state index contributed by atoms with van der Waals surface area (Å²) >= 11 is 0. The van der Waals surface area contributed by atoms with E-state index in [1.54, 1.807) is 0 Å². The van der Waals surface area contributed by atoms with Crippen molar-refractivity contribution in [1.29, 1.82) is 0 Å². The van der Waals surface area contributed by atoms with Gasteiger partial charge in [0.1, 0.15) is 0 Å². The Hall–Kier alpha value is -1.10. The second kappa shape index (κ2) is 7.07. The molecule has 0 aromatic heterocycles. The number of nitrogens with zero attached hydrogens (tertiary/aromatic N) is 2. The molecule has 0 radical (unpaired) electrons. The SMILES string of the molecule is CC1CN(C(CN)c2ccc(N(C)C)cc2)CCCO1. The number of benzene rings is 1. The van der Waals surface area contributed by atoms with E-state index in [0.717, 1.165) is 26.1 Å². The molecule has 0 amide bonds. The Morgan fingerprint density at radius 3 is 2.65 bits per heavy atom.